The number of carboxylic acid groups (broad SMARTS) is 1. The van der Waals surface area contributed by atoms with Gasteiger partial charge in [0, 0.05) is 0 Å². The summed E-state index contributed by atoms with van der Waals surface area (Å²) in [5, 5.41) is 18.5. The number of hydrogen-bond acceptors (Lipinski definition) is 4. The Labute approximate surface area is 87.1 Å². The Balaban J connectivity index is 3.35. The SMILES string of the molecule is COc1ccc(C)c(O)c1C(N)C(=O)O. The van der Waals surface area contributed by atoms with Gasteiger partial charge in [-0.2, -0.15) is 0 Å². The van der Waals surface area contributed by atoms with Gasteiger partial charge in [-0.15, -0.1) is 0 Å². The lowest BCUT2D eigenvalue weighted by atomic mass is 10.0. The molecule has 0 saturated carbocycles. The first-order valence-electron chi connectivity index (χ1n) is 4.34. The van der Waals surface area contributed by atoms with E-state index in [2.05, 4.69) is 0 Å². The van der Waals surface area contributed by atoms with Gasteiger partial charge in [-0.25, -0.2) is 0 Å². The van der Waals surface area contributed by atoms with Crippen LogP contribution >= 0.6 is 0 Å². The van der Waals surface area contributed by atoms with Gasteiger partial charge in [0.2, 0.25) is 0 Å². The van der Waals surface area contributed by atoms with Crippen molar-refractivity contribution in [2.45, 2.75) is 13.0 Å². The average molecular weight is 211 g/mol. The summed E-state index contributed by atoms with van der Waals surface area (Å²) in [6.07, 6.45) is 0. The highest BCUT2D eigenvalue weighted by molar-refractivity contribution is 5.78. The van der Waals surface area contributed by atoms with E-state index < -0.39 is 12.0 Å². The van der Waals surface area contributed by atoms with Crippen LogP contribution in [0.3, 0.4) is 0 Å². The third-order valence-electron chi connectivity index (χ3n) is 2.18. The fraction of sp³-hybridized carbons (Fsp3) is 0.300. The molecule has 1 aromatic rings. The predicted octanol–water partition coefficient (Wildman–Crippen LogP) is 0.794. The Bertz CT molecular complexity index is 389. The van der Waals surface area contributed by atoms with Crippen molar-refractivity contribution in [3.8, 4) is 11.5 Å². The zero-order valence-electron chi connectivity index (χ0n) is 8.52. The number of carbonyl (C=O) groups is 1. The van der Waals surface area contributed by atoms with E-state index in [4.69, 9.17) is 15.6 Å². The fourth-order valence-corrected chi connectivity index (χ4v) is 1.30. The fourth-order valence-electron chi connectivity index (χ4n) is 1.30. The van der Waals surface area contributed by atoms with Gasteiger partial charge < -0.3 is 20.7 Å². The first-order chi connectivity index (χ1) is 6.99. The van der Waals surface area contributed by atoms with Crippen LogP contribution in [0.15, 0.2) is 12.1 Å². The summed E-state index contributed by atoms with van der Waals surface area (Å²) in [6, 6.07) is 1.92. The van der Waals surface area contributed by atoms with Crippen LogP contribution in [-0.4, -0.2) is 23.3 Å². The molecule has 0 aromatic heterocycles. The number of methoxy groups -OCH3 is 1. The van der Waals surface area contributed by atoms with Crippen LogP contribution in [0.2, 0.25) is 0 Å². The molecular formula is C10H13NO4. The van der Waals surface area contributed by atoms with Gasteiger partial charge in [0.15, 0.2) is 0 Å². The summed E-state index contributed by atoms with van der Waals surface area (Å²) in [7, 11) is 1.39. The molecule has 1 rings (SSSR count). The predicted molar refractivity (Wildman–Crippen MR) is 54.0 cm³/mol. The molecule has 0 aliphatic carbocycles. The maximum Gasteiger partial charge on any atom is 0.325 e. The van der Waals surface area contributed by atoms with E-state index in [0.29, 0.717) is 5.56 Å². The Morgan fingerprint density at radius 3 is 2.60 bits per heavy atom. The standard InChI is InChI=1S/C10H13NO4/c1-5-3-4-6(15-2)7(9(5)12)8(11)10(13)14/h3-4,8,12H,11H2,1-2H3,(H,13,14). The molecule has 0 aliphatic heterocycles. The highest BCUT2D eigenvalue weighted by Gasteiger charge is 2.23. The van der Waals surface area contributed by atoms with Gasteiger partial charge >= 0.3 is 5.97 Å². The van der Waals surface area contributed by atoms with Crippen LogP contribution < -0.4 is 10.5 Å². The molecule has 0 heterocycles. The number of hydrogen-bond donors (Lipinski definition) is 3. The largest absolute Gasteiger partial charge is 0.507 e. The molecule has 1 unspecified atom stereocenters. The maximum atomic E-state index is 10.7. The minimum absolute atomic E-state index is 0.102. The highest BCUT2D eigenvalue weighted by Crippen LogP contribution is 2.34. The number of carboxylic acids is 1. The summed E-state index contributed by atoms with van der Waals surface area (Å²) in [5.74, 6) is -1.08. The molecule has 0 amide bonds. The Morgan fingerprint density at radius 2 is 2.13 bits per heavy atom. The molecule has 15 heavy (non-hydrogen) atoms. The smallest absolute Gasteiger partial charge is 0.325 e. The zero-order chi connectivity index (χ0) is 11.6. The number of aryl methyl sites for hydroxylation is 1. The van der Waals surface area contributed by atoms with Crippen molar-refractivity contribution < 1.29 is 19.7 Å². The molecule has 0 fully saturated rings. The van der Waals surface area contributed by atoms with E-state index in [1.54, 1.807) is 19.1 Å². The minimum atomic E-state index is -1.29. The van der Waals surface area contributed by atoms with Gasteiger partial charge in [-0.3, -0.25) is 4.79 Å². The Kier molecular flexibility index (Phi) is 3.16. The number of nitrogens with two attached hydrogens (primary N) is 1. The van der Waals surface area contributed by atoms with E-state index in [-0.39, 0.29) is 17.1 Å². The van der Waals surface area contributed by atoms with E-state index in [1.807, 2.05) is 0 Å². The molecule has 1 atom stereocenters. The summed E-state index contributed by atoms with van der Waals surface area (Å²) < 4.78 is 4.95. The molecule has 82 valence electrons. The van der Waals surface area contributed by atoms with Crippen molar-refractivity contribution in [2.24, 2.45) is 5.73 Å². The molecule has 0 aliphatic rings. The van der Waals surface area contributed by atoms with Crippen LogP contribution in [0.25, 0.3) is 0 Å². The number of phenols is 1. The van der Waals surface area contributed by atoms with Crippen molar-refractivity contribution in [1.29, 1.82) is 0 Å². The van der Waals surface area contributed by atoms with E-state index in [9.17, 15) is 9.90 Å². The van der Waals surface area contributed by atoms with Crippen LogP contribution in [0.1, 0.15) is 17.2 Å². The van der Waals surface area contributed by atoms with E-state index in [1.165, 1.54) is 7.11 Å². The molecule has 4 N–H and O–H groups in total. The summed E-state index contributed by atoms with van der Waals surface area (Å²) in [4.78, 5) is 10.7. The number of aliphatic carboxylic acids is 1. The van der Waals surface area contributed by atoms with Gasteiger partial charge in [-0.05, 0) is 18.6 Å². The van der Waals surface area contributed by atoms with E-state index >= 15 is 0 Å². The lowest BCUT2D eigenvalue weighted by Crippen LogP contribution is -2.21. The van der Waals surface area contributed by atoms with Crippen molar-refractivity contribution in [1.82, 2.24) is 0 Å². The zero-order valence-corrected chi connectivity index (χ0v) is 8.52. The normalized spacial score (nSPS) is 12.2. The highest BCUT2D eigenvalue weighted by atomic mass is 16.5. The number of aromatic hydroxyl groups is 1. The van der Waals surface area contributed by atoms with Gasteiger partial charge in [0.25, 0.3) is 0 Å². The molecule has 0 spiro atoms. The van der Waals surface area contributed by atoms with Gasteiger partial charge in [-0.1, -0.05) is 6.07 Å². The first-order valence-corrected chi connectivity index (χ1v) is 4.34. The van der Waals surface area contributed by atoms with Crippen molar-refractivity contribution in [3.63, 3.8) is 0 Å². The Morgan fingerprint density at radius 1 is 1.53 bits per heavy atom. The average Bonchev–Trinajstić information content (AvgIpc) is 2.20. The lowest BCUT2D eigenvalue weighted by Gasteiger charge is -2.15. The van der Waals surface area contributed by atoms with E-state index in [0.717, 1.165) is 0 Å². The second-order valence-electron chi connectivity index (χ2n) is 3.16. The summed E-state index contributed by atoms with van der Waals surface area (Å²) in [6.45, 7) is 1.66. The number of phenolic OH excluding ortho intramolecular Hbond substituents is 1. The lowest BCUT2D eigenvalue weighted by molar-refractivity contribution is -0.138. The third kappa shape index (κ3) is 2.02. The molecule has 1 aromatic carbocycles. The molecule has 0 saturated heterocycles. The minimum Gasteiger partial charge on any atom is -0.507 e. The molecule has 0 bridgehead atoms. The van der Waals surface area contributed by atoms with Crippen molar-refractivity contribution in [2.75, 3.05) is 7.11 Å². The topological polar surface area (TPSA) is 92.8 Å². The van der Waals surface area contributed by atoms with Crippen molar-refractivity contribution >= 4 is 5.97 Å². The number of rotatable bonds is 3. The summed E-state index contributed by atoms with van der Waals surface area (Å²) in [5.41, 5.74) is 6.10. The molecular weight excluding hydrogens is 198 g/mol. The second-order valence-corrected chi connectivity index (χ2v) is 3.16. The van der Waals surface area contributed by atoms with Crippen LogP contribution in [0.5, 0.6) is 11.5 Å². The summed E-state index contributed by atoms with van der Waals surface area (Å²) >= 11 is 0. The molecule has 5 heteroatoms. The third-order valence-corrected chi connectivity index (χ3v) is 2.18. The molecule has 5 nitrogen and oxygen atoms in total. The number of ether oxygens (including phenoxy) is 1. The van der Waals surface area contributed by atoms with Gasteiger partial charge in [0.05, 0.1) is 12.7 Å². The molecule has 0 radical (unpaired) electrons. The maximum absolute atomic E-state index is 10.7. The Hall–Kier alpha value is -1.75. The first kappa shape index (κ1) is 11.3. The number of benzene rings is 1. The van der Waals surface area contributed by atoms with Crippen LogP contribution in [0, 0.1) is 6.92 Å². The van der Waals surface area contributed by atoms with Crippen molar-refractivity contribution in [3.05, 3.63) is 23.3 Å². The second kappa shape index (κ2) is 4.18. The van der Waals surface area contributed by atoms with Crippen LogP contribution in [0.4, 0.5) is 0 Å². The quantitative estimate of drug-likeness (QED) is 0.687. The van der Waals surface area contributed by atoms with Crippen LogP contribution in [-0.2, 0) is 4.79 Å². The monoisotopic (exact) mass is 211 g/mol. The van der Waals surface area contributed by atoms with Gasteiger partial charge in [0.1, 0.15) is 17.5 Å².